The largest absolute Gasteiger partial charge is 0.465 e. The van der Waals surface area contributed by atoms with Crippen molar-refractivity contribution in [2.45, 2.75) is 51.6 Å². The normalized spacial score (nSPS) is 17.8. The number of rotatable bonds is 4. The first-order valence-electron chi connectivity index (χ1n) is 5.69. The second-order valence-electron chi connectivity index (χ2n) is 4.08. The lowest BCUT2D eigenvalue weighted by Gasteiger charge is -2.09. The van der Waals surface area contributed by atoms with Crippen molar-refractivity contribution in [3.63, 3.8) is 0 Å². The summed E-state index contributed by atoms with van der Waals surface area (Å²) in [5.74, 6) is 2.17. The van der Waals surface area contributed by atoms with Gasteiger partial charge in [0.25, 0.3) is 0 Å². The summed E-state index contributed by atoms with van der Waals surface area (Å²) >= 11 is 0. The standard InChI is InChI=1S/C12H19NO/c1-2-11-7-8-12(14-11)9-13-10-5-3-4-6-10/h7-8,10,13H,2-6,9H2,1H3. The van der Waals surface area contributed by atoms with Crippen molar-refractivity contribution in [3.05, 3.63) is 23.7 Å². The third kappa shape index (κ3) is 2.38. The first kappa shape index (κ1) is 9.78. The summed E-state index contributed by atoms with van der Waals surface area (Å²) in [6.45, 7) is 3.01. The lowest BCUT2D eigenvalue weighted by Crippen LogP contribution is -2.24. The summed E-state index contributed by atoms with van der Waals surface area (Å²) in [6, 6.07) is 4.89. The molecule has 78 valence electrons. The summed E-state index contributed by atoms with van der Waals surface area (Å²) in [5, 5.41) is 3.54. The average molecular weight is 193 g/mol. The van der Waals surface area contributed by atoms with Gasteiger partial charge in [-0.05, 0) is 25.0 Å². The highest BCUT2D eigenvalue weighted by Crippen LogP contribution is 2.18. The van der Waals surface area contributed by atoms with Crippen LogP contribution in [0.15, 0.2) is 16.5 Å². The molecule has 1 fully saturated rings. The van der Waals surface area contributed by atoms with E-state index in [1.165, 1.54) is 25.7 Å². The zero-order valence-corrected chi connectivity index (χ0v) is 8.88. The van der Waals surface area contributed by atoms with Gasteiger partial charge in [-0.15, -0.1) is 0 Å². The molecule has 1 heterocycles. The first-order valence-corrected chi connectivity index (χ1v) is 5.69. The van der Waals surface area contributed by atoms with Gasteiger partial charge in [0, 0.05) is 12.5 Å². The molecule has 0 spiro atoms. The molecule has 0 unspecified atom stereocenters. The van der Waals surface area contributed by atoms with Crippen LogP contribution in [-0.2, 0) is 13.0 Å². The summed E-state index contributed by atoms with van der Waals surface area (Å²) in [7, 11) is 0. The van der Waals surface area contributed by atoms with Crippen LogP contribution in [0.3, 0.4) is 0 Å². The summed E-state index contributed by atoms with van der Waals surface area (Å²) in [6.07, 6.45) is 6.43. The summed E-state index contributed by atoms with van der Waals surface area (Å²) < 4.78 is 5.63. The molecule has 1 aliphatic rings. The molecule has 0 bridgehead atoms. The molecule has 1 aliphatic carbocycles. The molecule has 14 heavy (non-hydrogen) atoms. The Balaban J connectivity index is 1.79. The van der Waals surface area contributed by atoms with Crippen molar-refractivity contribution in [2.75, 3.05) is 0 Å². The molecule has 0 saturated heterocycles. The van der Waals surface area contributed by atoms with Gasteiger partial charge in [-0.1, -0.05) is 19.8 Å². The molecule has 1 aromatic rings. The van der Waals surface area contributed by atoms with Gasteiger partial charge in [-0.25, -0.2) is 0 Å². The molecule has 2 heteroatoms. The molecule has 1 N–H and O–H groups in total. The Labute approximate surface area is 85.7 Å². The fourth-order valence-corrected chi connectivity index (χ4v) is 2.08. The topological polar surface area (TPSA) is 25.2 Å². The van der Waals surface area contributed by atoms with Crippen molar-refractivity contribution < 1.29 is 4.42 Å². The van der Waals surface area contributed by atoms with Gasteiger partial charge in [0.15, 0.2) is 0 Å². The molecule has 0 amide bonds. The van der Waals surface area contributed by atoms with E-state index in [1.807, 2.05) is 0 Å². The number of hydrogen-bond acceptors (Lipinski definition) is 2. The minimum Gasteiger partial charge on any atom is -0.465 e. The van der Waals surface area contributed by atoms with E-state index in [-0.39, 0.29) is 0 Å². The Morgan fingerprint density at radius 2 is 2.00 bits per heavy atom. The molecule has 2 rings (SSSR count). The van der Waals surface area contributed by atoms with E-state index in [0.717, 1.165) is 30.5 Å². The molecule has 0 atom stereocenters. The molecule has 0 aromatic carbocycles. The fraction of sp³-hybridized carbons (Fsp3) is 0.667. The van der Waals surface area contributed by atoms with Crippen LogP contribution < -0.4 is 5.32 Å². The van der Waals surface area contributed by atoms with Crippen molar-refractivity contribution in [1.29, 1.82) is 0 Å². The van der Waals surface area contributed by atoms with Crippen LogP contribution >= 0.6 is 0 Å². The van der Waals surface area contributed by atoms with E-state index in [4.69, 9.17) is 4.42 Å². The molecule has 0 radical (unpaired) electrons. The first-order chi connectivity index (χ1) is 6.88. The zero-order valence-electron chi connectivity index (χ0n) is 8.88. The van der Waals surface area contributed by atoms with Crippen molar-refractivity contribution >= 4 is 0 Å². The maximum atomic E-state index is 5.63. The fourth-order valence-electron chi connectivity index (χ4n) is 2.08. The van der Waals surface area contributed by atoms with E-state index in [2.05, 4.69) is 24.4 Å². The summed E-state index contributed by atoms with van der Waals surface area (Å²) in [4.78, 5) is 0. The van der Waals surface area contributed by atoms with Crippen molar-refractivity contribution in [1.82, 2.24) is 5.32 Å². The van der Waals surface area contributed by atoms with Crippen LogP contribution in [-0.4, -0.2) is 6.04 Å². The van der Waals surface area contributed by atoms with Crippen LogP contribution in [0.4, 0.5) is 0 Å². The zero-order chi connectivity index (χ0) is 9.80. The van der Waals surface area contributed by atoms with Crippen LogP contribution in [0, 0.1) is 0 Å². The van der Waals surface area contributed by atoms with Gasteiger partial charge >= 0.3 is 0 Å². The molecule has 2 nitrogen and oxygen atoms in total. The maximum Gasteiger partial charge on any atom is 0.117 e. The third-order valence-corrected chi connectivity index (χ3v) is 2.99. The molecule has 0 aliphatic heterocycles. The maximum absolute atomic E-state index is 5.63. The van der Waals surface area contributed by atoms with Gasteiger partial charge < -0.3 is 9.73 Å². The van der Waals surface area contributed by atoms with Gasteiger partial charge in [-0.2, -0.15) is 0 Å². The number of furan rings is 1. The number of nitrogens with one attached hydrogen (secondary N) is 1. The van der Waals surface area contributed by atoms with Crippen LogP contribution in [0.5, 0.6) is 0 Å². The van der Waals surface area contributed by atoms with Gasteiger partial charge in [0.05, 0.1) is 6.54 Å². The predicted molar refractivity (Wildman–Crippen MR) is 57.2 cm³/mol. The number of hydrogen-bond donors (Lipinski definition) is 1. The highest BCUT2D eigenvalue weighted by molar-refractivity contribution is 5.06. The predicted octanol–water partition coefficient (Wildman–Crippen LogP) is 2.87. The Morgan fingerprint density at radius 3 is 2.64 bits per heavy atom. The quantitative estimate of drug-likeness (QED) is 0.795. The van der Waals surface area contributed by atoms with E-state index in [0.29, 0.717) is 0 Å². The second-order valence-corrected chi connectivity index (χ2v) is 4.08. The van der Waals surface area contributed by atoms with Gasteiger partial charge in [0.1, 0.15) is 11.5 Å². The number of aryl methyl sites for hydroxylation is 1. The summed E-state index contributed by atoms with van der Waals surface area (Å²) in [5.41, 5.74) is 0. The smallest absolute Gasteiger partial charge is 0.117 e. The Kier molecular flexibility index (Phi) is 3.25. The second kappa shape index (κ2) is 4.65. The monoisotopic (exact) mass is 193 g/mol. The highest BCUT2D eigenvalue weighted by Gasteiger charge is 2.14. The molecular weight excluding hydrogens is 174 g/mol. The van der Waals surface area contributed by atoms with Crippen LogP contribution in [0.2, 0.25) is 0 Å². The van der Waals surface area contributed by atoms with Crippen LogP contribution in [0.1, 0.15) is 44.1 Å². The minimum absolute atomic E-state index is 0.727. The molecule has 1 saturated carbocycles. The van der Waals surface area contributed by atoms with Gasteiger partial charge in [-0.3, -0.25) is 0 Å². The van der Waals surface area contributed by atoms with E-state index >= 15 is 0 Å². The van der Waals surface area contributed by atoms with E-state index < -0.39 is 0 Å². The Hall–Kier alpha value is -0.760. The van der Waals surface area contributed by atoms with Gasteiger partial charge in [0.2, 0.25) is 0 Å². The lowest BCUT2D eigenvalue weighted by atomic mass is 10.2. The average Bonchev–Trinajstić information content (AvgIpc) is 2.86. The third-order valence-electron chi connectivity index (χ3n) is 2.99. The Bertz CT molecular complexity index is 274. The van der Waals surface area contributed by atoms with E-state index in [9.17, 15) is 0 Å². The minimum atomic E-state index is 0.727. The van der Waals surface area contributed by atoms with Crippen molar-refractivity contribution in [2.24, 2.45) is 0 Å². The Morgan fingerprint density at radius 1 is 1.29 bits per heavy atom. The van der Waals surface area contributed by atoms with Crippen molar-refractivity contribution in [3.8, 4) is 0 Å². The molecular formula is C12H19NO. The van der Waals surface area contributed by atoms with E-state index in [1.54, 1.807) is 0 Å². The lowest BCUT2D eigenvalue weighted by molar-refractivity contribution is 0.425. The highest BCUT2D eigenvalue weighted by atomic mass is 16.3. The van der Waals surface area contributed by atoms with Crippen LogP contribution in [0.25, 0.3) is 0 Å². The molecule has 1 aromatic heterocycles. The SMILES string of the molecule is CCc1ccc(CNC2CCCC2)o1.